The summed E-state index contributed by atoms with van der Waals surface area (Å²) < 4.78 is 0. The van der Waals surface area contributed by atoms with Crippen molar-refractivity contribution in [1.82, 2.24) is 0 Å². The van der Waals surface area contributed by atoms with Crippen molar-refractivity contribution in [3.63, 3.8) is 0 Å². The molecule has 0 aliphatic rings. The predicted molar refractivity (Wildman–Crippen MR) is 72.1 cm³/mol. The van der Waals surface area contributed by atoms with Crippen LogP contribution in [0, 0.1) is 0 Å². The molecule has 0 unspecified atom stereocenters. The van der Waals surface area contributed by atoms with E-state index in [0.29, 0.717) is 0 Å². The molecule has 2 N–H and O–H groups in total. The fraction of sp³-hybridized carbons (Fsp3) is 0.231. The zero-order valence-corrected chi connectivity index (χ0v) is 10.5. The molecule has 0 saturated heterocycles. The highest BCUT2D eigenvalue weighted by molar-refractivity contribution is 7.15. The number of aryl methyl sites for hydroxylation is 1. The standard InChI is InChI=1S/C13H14ClNS/c14-12-6-2-1-5-11(12)13-8-7-10(16-13)4-3-9-15/h1-2,5-8H,3-4,9,15H2. The normalized spacial score (nSPS) is 10.6. The molecule has 0 radical (unpaired) electrons. The minimum absolute atomic E-state index is 0.749. The van der Waals surface area contributed by atoms with E-state index in [2.05, 4.69) is 18.2 Å². The Labute approximate surface area is 105 Å². The topological polar surface area (TPSA) is 26.0 Å². The molecule has 2 aromatic rings. The van der Waals surface area contributed by atoms with Gasteiger partial charge < -0.3 is 5.73 Å². The quantitative estimate of drug-likeness (QED) is 0.875. The molecule has 0 saturated carbocycles. The molecule has 2 rings (SSSR count). The van der Waals surface area contributed by atoms with E-state index in [1.807, 2.05) is 18.2 Å². The molecule has 1 heterocycles. The molecule has 0 aliphatic heterocycles. The zero-order valence-electron chi connectivity index (χ0n) is 8.95. The van der Waals surface area contributed by atoms with Gasteiger partial charge in [0.05, 0.1) is 0 Å². The molecule has 1 nitrogen and oxygen atoms in total. The summed E-state index contributed by atoms with van der Waals surface area (Å²) in [5.41, 5.74) is 6.62. The van der Waals surface area contributed by atoms with Gasteiger partial charge in [0.2, 0.25) is 0 Å². The van der Waals surface area contributed by atoms with Crippen molar-refractivity contribution in [2.75, 3.05) is 6.54 Å². The van der Waals surface area contributed by atoms with Crippen LogP contribution in [0.15, 0.2) is 36.4 Å². The second kappa shape index (κ2) is 5.48. The number of rotatable bonds is 4. The summed E-state index contributed by atoms with van der Waals surface area (Å²) in [5, 5.41) is 0.815. The van der Waals surface area contributed by atoms with E-state index >= 15 is 0 Å². The fourth-order valence-electron chi connectivity index (χ4n) is 1.59. The van der Waals surface area contributed by atoms with Crippen molar-refractivity contribution in [2.24, 2.45) is 5.73 Å². The van der Waals surface area contributed by atoms with Crippen LogP contribution in [0.2, 0.25) is 5.02 Å². The van der Waals surface area contributed by atoms with E-state index in [0.717, 1.165) is 30.0 Å². The third kappa shape index (κ3) is 2.64. The molecule has 0 spiro atoms. The maximum absolute atomic E-state index is 6.16. The largest absolute Gasteiger partial charge is 0.330 e. The van der Waals surface area contributed by atoms with Gasteiger partial charge in [-0.3, -0.25) is 0 Å². The number of nitrogens with two attached hydrogens (primary N) is 1. The first kappa shape index (κ1) is 11.6. The van der Waals surface area contributed by atoms with Crippen LogP contribution >= 0.6 is 22.9 Å². The van der Waals surface area contributed by atoms with Gasteiger partial charge in [-0.2, -0.15) is 0 Å². The van der Waals surface area contributed by atoms with Crippen LogP contribution in [0.5, 0.6) is 0 Å². The van der Waals surface area contributed by atoms with E-state index in [1.54, 1.807) is 11.3 Å². The van der Waals surface area contributed by atoms with Crippen LogP contribution in [0.3, 0.4) is 0 Å². The van der Waals surface area contributed by atoms with Crippen LogP contribution in [0.1, 0.15) is 11.3 Å². The second-order valence-corrected chi connectivity index (χ2v) is 5.21. The van der Waals surface area contributed by atoms with Crippen LogP contribution < -0.4 is 5.73 Å². The highest BCUT2D eigenvalue weighted by Gasteiger charge is 2.05. The number of benzene rings is 1. The molecule has 0 atom stereocenters. The van der Waals surface area contributed by atoms with Gasteiger partial charge in [-0.15, -0.1) is 11.3 Å². The first-order chi connectivity index (χ1) is 7.81. The second-order valence-electron chi connectivity index (χ2n) is 3.64. The van der Waals surface area contributed by atoms with Crippen molar-refractivity contribution in [1.29, 1.82) is 0 Å². The third-order valence-corrected chi connectivity index (χ3v) is 3.94. The summed E-state index contributed by atoms with van der Waals surface area (Å²) in [7, 11) is 0. The van der Waals surface area contributed by atoms with E-state index in [1.165, 1.54) is 9.75 Å². The average molecular weight is 252 g/mol. The number of thiophene rings is 1. The molecule has 0 amide bonds. The summed E-state index contributed by atoms with van der Waals surface area (Å²) in [5.74, 6) is 0. The smallest absolute Gasteiger partial charge is 0.0492 e. The van der Waals surface area contributed by atoms with Gasteiger partial charge in [0.1, 0.15) is 0 Å². The highest BCUT2D eigenvalue weighted by atomic mass is 35.5. The van der Waals surface area contributed by atoms with Gasteiger partial charge in [-0.25, -0.2) is 0 Å². The first-order valence-corrected chi connectivity index (χ1v) is 6.54. The molecule has 3 heteroatoms. The molecule has 0 aliphatic carbocycles. The number of halogens is 1. The number of hydrogen-bond acceptors (Lipinski definition) is 2. The average Bonchev–Trinajstić information content (AvgIpc) is 2.75. The molecule has 1 aromatic carbocycles. The summed E-state index contributed by atoms with van der Waals surface area (Å²) in [6.45, 7) is 0.749. The highest BCUT2D eigenvalue weighted by Crippen LogP contribution is 2.33. The number of hydrogen-bond donors (Lipinski definition) is 1. The molecule has 0 fully saturated rings. The van der Waals surface area contributed by atoms with E-state index in [-0.39, 0.29) is 0 Å². The lowest BCUT2D eigenvalue weighted by atomic mass is 10.2. The van der Waals surface area contributed by atoms with Crippen molar-refractivity contribution < 1.29 is 0 Å². The Balaban J connectivity index is 2.22. The zero-order chi connectivity index (χ0) is 11.4. The van der Waals surface area contributed by atoms with Crippen LogP contribution in [-0.4, -0.2) is 6.54 Å². The summed E-state index contributed by atoms with van der Waals surface area (Å²) in [4.78, 5) is 2.61. The van der Waals surface area contributed by atoms with E-state index < -0.39 is 0 Å². The van der Waals surface area contributed by atoms with Gasteiger partial charge in [-0.05, 0) is 37.6 Å². The molecule has 0 bridgehead atoms. The maximum atomic E-state index is 6.16. The Morgan fingerprint density at radius 3 is 2.69 bits per heavy atom. The Bertz CT molecular complexity index is 464. The lowest BCUT2D eigenvalue weighted by Gasteiger charge is -1.99. The molecule has 1 aromatic heterocycles. The Kier molecular flexibility index (Phi) is 3.99. The van der Waals surface area contributed by atoms with Crippen molar-refractivity contribution in [3.05, 3.63) is 46.3 Å². The Morgan fingerprint density at radius 1 is 1.12 bits per heavy atom. The van der Waals surface area contributed by atoms with E-state index in [9.17, 15) is 0 Å². The van der Waals surface area contributed by atoms with Crippen LogP contribution in [-0.2, 0) is 6.42 Å². The SMILES string of the molecule is NCCCc1ccc(-c2ccccc2Cl)s1. The summed E-state index contributed by atoms with van der Waals surface area (Å²) in [6.07, 6.45) is 2.11. The third-order valence-electron chi connectivity index (χ3n) is 2.43. The minimum Gasteiger partial charge on any atom is -0.330 e. The van der Waals surface area contributed by atoms with Crippen molar-refractivity contribution in [2.45, 2.75) is 12.8 Å². The van der Waals surface area contributed by atoms with Gasteiger partial charge in [0.25, 0.3) is 0 Å². The van der Waals surface area contributed by atoms with Crippen molar-refractivity contribution >= 4 is 22.9 Å². The Hall–Kier alpha value is -0.830. The maximum Gasteiger partial charge on any atom is 0.0492 e. The molecular formula is C13H14ClNS. The lowest BCUT2D eigenvalue weighted by molar-refractivity contribution is 0.843. The first-order valence-electron chi connectivity index (χ1n) is 5.35. The van der Waals surface area contributed by atoms with Gasteiger partial charge >= 0.3 is 0 Å². The predicted octanol–water partition coefficient (Wildman–Crippen LogP) is 3.96. The summed E-state index contributed by atoms with van der Waals surface area (Å²) in [6, 6.07) is 12.3. The van der Waals surface area contributed by atoms with Crippen LogP contribution in [0.4, 0.5) is 0 Å². The molecule has 84 valence electrons. The fourth-order valence-corrected chi connectivity index (χ4v) is 2.98. The van der Waals surface area contributed by atoms with Crippen LogP contribution in [0.25, 0.3) is 10.4 Å². The Morgan fingerprint density at radius 2 is 1.94 bits per heavy atom. The van der Waals surface area contributed by atoms with Gasteiger partial charge in [-0.1, -0.05) is 29.8 Å². The monoisotopic (exact) mass is 251 g/mol. The molecule has 16 heavy (non-hydrogen) atoms. The lowest BCUT2D eigenvalue weighted by Crippen LogP contribution is -1.99. The van der Waals surface area contributed by atoms with Crippen molar-refractivity contribution in [3.8, 4) is 10.4 Å². The van der Waals surface area contributed by atoms with Gasteiger partial charge in [0, 0.05) is 20.3 Å². The minimum atomic E-state index is 0.749. The summed E-state index contributed by atoms with van der Waals surface area (Å²) >= 11 is 7.96. The molecular weight excluding hydrogens is 238 g/mol. The van der Waals surface area contributed by atoms with E-state index in [4.69, 9.17) is 17.3 Å². The van der Waals surface area contributed by atoms with Gasteiger partial charge in [0.15, 0.2) is 0 Å².